The maximum atomic E-state index is 11.9. The Morgan fingerprint density at radius 2 is 2.14 bits per heavy atom. The van der Waals surface area contributed by atoms with E-state index in [9.17, 15) is 14.7 Å². The summed E-state index contributed by atoms with van der Waals surface area (Å²) in [7, 11) is 0. The summed E-state index contributed by atoms with van der Waals surface area (Å²) in [5, 5.41) is 18.3. The number of carbonyl (C=O) groups is 2. The molecule has 1 saturated heterocycles. The maximum Gasteiger partial charge on any atom is 0.310 e. The minimum Gasteiger partial charge on any atom is -0.427 e. The molecular weight excluding hydrogens is 306 g/mol. The Morgan fingerprint density at radius 1 is 1.45 bits per heavy atom. The molecular formula is C15H19NO5S. The van der Waals surface area contributed by atoms with Crippen LogP contribution in [-0.4, -0.2) is 52.0 Å². The first kappa shape index (κ1) is 16.8. The fraction of sp³-hybridized carbons (Fsp3) is 0.467. The first-order valence-electron chi connectivity index (χ1n) is 7.05. The molecule has 1 aliphatic heterocycles. The number of nitrogens with zero attached hydrogens (tertiary/aromatic N) is 1. The van der Waals surface area contributed by atoms with Gasteiger partial charge in [-0.3, -0.25) is 9.59 Å². The minimum absolute atomic E-state index is 0.0658. The van der Waals surface area contributed by atoms with Crippen LogP contribution < -0.4 is 4.74 Å². The number of hydrogen-bond donors (Lipinski definition) is 2. The van der Waals surface area contributed by atoms with Gasteiger partial charge < -0.3 is 19.8 Å². The standard InChI is InChI=1S/C15H19NO5S/c1-2-14(20)21-12-5-3-10(4-6-12)15-16(7-11(18)8-17)13(19)9-22-15/h3-6,11,15,17-18H,2,7-9H2,1H3/t11-,15?/m0/s1. The second-order valence-electron chi connectivity index (χ2n) is 4.94. The summed E-state index contributed by atoms with van der Waals surface area (Å²) in [5.41, 5.74) is 0.886. The van der Waals surface area contributed by atoms with Crippen LogP contribution in [0.5, 0.6) is 5.75 Å². The predicted octanol–water partition coefficient (Wildman–Crippen LogP) is 0.929. The number of ether oxygens (including phenoxy) is 1. The average Bonchev–Trinajstić information content (AvgIpc) is 2.89. The smallest absolute Gasteiger partial charge is 0.310 e. The van der Waals surface area contributed by atoms with Crippen molar-refractivity contribution >= 4 is 23.6 Å². The highest BCUT2D eigenvalue weighted by atomic mass is 32.2. The van der Waals surface area contributed by atoms with Gasteiger partial charge in [-0.1, -0.05) is 19.1 Å². The van der Waals surface area contributed by atoms with E-state index >= 15 is 0 Å². The van der Waals surface area contributed by atoms with Gasteiger partial charge in [0.1, 0.15) is 11.1 Å². The molecule has 22 heavy (non-hydrogen) atoms. The summed E-state index contributed by atoms with van der Waals surface area (Å²) in [6.07, 6.45) is -0.642. The molecule has 1 heterocycles. The Bertz CT molecular complexity index is 533. The summed E-state index contributed by atoms with van der Waals surface area (Å²) in [4.78, 5) is 24.7. The van der Waals surface area contributed by atoms with E-state index in [0.717, 1.165) is 5.56 Å². The average molecular weight is 325 g/mol. The Hall–Kier alpha value is -1.57. The number of hydrogen-bond acceptors (Lipinski definition) is 6. The lowest BCUT2D eigenvalue weighted by atomic mass is 10.2. The molecule has 0 saturated carbocycles. The van der Waals surface area contributed by atoms with Gasteiger partial charge in [-0.25, -0.2) is 0 Å². The highest BCUT2D eigenvalue weighted by Crippen LogP contribution is 2.39. The number of aliphatic hydroxyl groups is 2. The largest absolute Gasteiger partial charge is 0.427 e. The van der Waals surface area contributed by atoms with Gasteiger partial charge in [-0.2, -0.15) is 0 Å². The van der Waals surface area contributed by atoms with Gasteiger partial charge in [-0.15, -0.1) is 11.8 Å². The van der Waals surface area contributed by atoms with Crippen molar-refractivity contribution in [1.82, 2.24) is 4.90 Å². The quantitative estimate of drug-likeness (QED) is 0.598. The summed E-state index contributed by atoms with van der Waals surface area (Å²) < 4.78 is 5.11. The molecule has 0 bridgehead atoms. The SMILES string of the molecule is CCC(=O)Oc1ccc(C2SCC(=O)N2C[C@H](O)CO)cc1. The topological polar surface area (TPSA) is 87.1 Å². The fourth-order valence-electron chi connectivity index (χ4n) is 2.12. The molecule has 0 spiro atoms. The fourth-order valence-corrected chi connectivity index (χ4v) is 3.32. The van der Waals surface area contributed by atoms with Gasteiger partial charge in [0.15, 0.2) is 0 Å². The van der Waals surface area contributed by atoms with Crippen LogP contribution in [-0.2, 0) is 9.59 Å². The number of carbonyl (C=O) groups excluding carboxylic acids is 2. The normalized spacial score (nSPS) is 19.3. The molecule has 1 fully saturated rings. The molecule has 6 nitrogen and oxygen atoms in total. The van der Waals surface area contributed by atoms with E-state index in [-0.39, 0.29) is 30.4 Å². The van der Waals surface area contributed by atoms with E-state index in [0.29, 0.717) is 17.9 Å². The number of benzene rings is 1. The van der Waals surface area contributed by atoms with Gasteiger partial charge in [0.05, 0.1) is 25.0 Å². The third-order valence-electron chi connectivity index (χ3n) is 3.27. The van der Waals surface area contributed by atoms with Crippen LogP contribution >= 0.6 is 11.8 Å². The van der Waals surface area contributed by atoms with Crippen LogP contribution in [0.1, 0.15) is 24.3 Å². The summed E-state index contributed by atoms with van der Waals surface area (Å²) in [6, 6.07) is 6.97. The number of β-amino-alcohol motifs (C(OH)–C–C–N with tert-alkyl or cyclic N) is 1. The van der Waals surface area contributed by atoms with E-state index in [4.69, 9.17) is 9.84 Å². The van der Waals surface area contributed by atoms with Crippen LogP contribution in [0.15, 0.2) is 24.3 Å². The van der Waals surface area contributed by atoms with Crippen LogP contribution in [0.4, 0.5) is 0 Å². The van der Waals surface area contributed by atoms with Gasteiger partial charge in [-0.05, 0) is 17.7 Å². The van der Waals surface area contributed by atoms with Crippen molar-refractivity contribution in [3.63, 3.8) is 0 Å². The Morgan fingerprint density at radius 3 is 2.73 bits per heavy atom. The second-order valence-corrected chi connectivity index (χ2v) is 6.01. The molecule has 1 unspecified atom stereocenters. The Labute approximate surface area is 133 Å². The van der Waals surface area contributed by atoms with E-state index in [1.807, 2.05) is 0 Å². The lowest BCUT2D eigenvalue weighted by Crippen LogP contribution is -2.37. The van der Waals surface area contributed by atoms with Crippen LogP contribution in [0.25, 0.3) is 0 Å². The Kier molecular flexibility index (Phi) is 5.82. The number of esters is 1. The van der Waals surface area contributed by atoms with E-state index < -0.39 is 6.10 Å². The molecule has 0 aromatic heterocycles. The molecule has 0 radical (unpaired) electrons. The van der Waals surface area contributed by atoms with Crippen LogP contribution in [0, 0.1) is 0 Å². The van der Waals surface area contributed by atoms with Gasteiger partial charge >= 0.3 is 5.97 Å². The van der Waals surface area contributed by atoms with Crippen molar-refractivity contribution < 1.29 is 24.5 Å². The first-order valence-corrected chi connectivity index (χ1v) is 8.10. The van der Waals surface area contributed by atoms with Crippen molar-refractivity contribution in [1.29, 1.82) is 0 Å². The Balaban J connectivity index is 2.09. The number of amides is 1. The molecule has 1 aromatic rings. The first-order chi connectivity index (χ1) is 10.5. The zero-order chi connectivity index (χ0) is 16.1. The lowest BCUT2D eigenvalue weighted by Gasteiger charge is -2.26. The van der Waals surface area contributed by atoms with Crippen molar-refractivity contribution in [3.05, 3.63) is 29.8 Å². The number of thioether (sulfide) groups is 1. The predicted molar refractivity (Wildman–Crippen MR) is 82.4 cm³/mol. The molecule has 1 aliphatic rings. The maximum absolute atomic E-state index is 11.9. The molecule has 1 amide bonds. The lowest BCUT2D eigenvalue weighted by molar-refractivity contribution is -0.134. The monoisotopic (exact) mass is 325 g/mol. The molecule has 1 aromatic carbocycles. The van der Waals surface area contributed by atoms with Crippen molar-refractivity contribution in [2.45, 2.75) is 24.8 Å². The minimum atomic E-state index is -0.949. The zero-order valence-corrected chi connectivity index (χ0v) is 13.1. The summed E-state index contributed by atoms with van der Waals surface area (Å²) in [6.45, 7) is 1.44. The van der Waals surface area contributed by atoms with Crippen molar-refractivity contribution in [3.8, 4) is 5.75 Å². The highest BCUT2D eigenvalue weighted by molar-refractivity contribution is 8.00. The van der Waals surface area contributed by atoms with Crippen LogP contribution in [0.2, 0.25) is 0 Å². The van der Waals surface area contributed by atoms with E-state index in [2.05, 4.69) is 0 Å². The van der Waals surface area contributed by atoms with Crippen LogP contribution in [0.3, 0.4) is 0 Å². The molecule has 0 aliphatic carbocycles. The number of rotatable bonds is 6. The molecule has 2 N–H and O–H groups in total. The summed E-state index contributed by atoms with van der Waals surface area (Å²) in [5.74, 6) is 0.441. The second kappa shape index (κ2) is 7.62. The van der Waals surface area contributed by atoms with Gasteiger partial charge in [0, 0.05) is 6.42 Å². The molecule has 2 atom stereocenters. The molecule has 120 valence electrons. The summed E-state index contributed by atoms with van der Waals surface area (Å²) >= 11 is 1.46. The van der Waals surface area contributed by atoms with Gasteiger partial charge in [0.2, 0.25) is 5.91 Å². The van der Waals surface area contributed by atoms with E-state index in [1.54, 1.807) is 36.1 Å². The van der Waals surface area contributed by atoms with Crippen molar-refractivity contribution in [2.24, 2.45) is 0 Å². The van der Waals surface area contributed by atoms with E-state index in [1.165, 1.54) is 11.8 Å². The third-order valence-corrected chi connectivity index (χ3v) is 4.53. The molecule has 7 heteroatoms. The van der Waals surface area contributed by atoms with Crippen molar-refractivity contribution in [2.75, 3.05) is 18.9 Å². The zero-order valence-electron chi connectivity index (χ0n) is 12.3. The third kappa shape index (κ3) is 4.00. The van der Waals surface area contributed by atoms with Gasteiger partial charge in [0.25, 0.3) is 0 Å². The number of aliphatic hydroxyl groups excluding tert-OH is 2. The molecule has 2 rings (SSSR count). The highest BCUT2D eigenvalue weighted by Gasteiger charge is 2.33.